The van der Waals surface area contributed by atoms with Gasteiger partial charge in [-0.3, -0.25) is 4.79 Å². The van der Waals surface area contributed by atoms with Crippen molar-refractivity contribution in [3.63, 3.8) is 0 Å². The van der Waals surface area contributed by atoms with Crippen LogP contribution in [0.3, 0.4) is 0 Å². The molecule has 30 heavy (non-hydrogen) atoms. The van der Waals surface area contributed by atoms with Crippen LogP contribution in [-0.2, 0) is 6.54 Å². The van der Waals surface area contributed by atoms with Crippen LogP contribution in [0.5, 0.6) is 5.88 Å². The molecule has 0 spiro atoms. The molecule has 8 heteroatoms. The molecule has 1 aromatic carbocycles. The number of hydrogen-bond acceptors (Lipinski definition) is 7. The predicted octanol–water partition coefficient (Wildman–Crippen LogP) is 3.42. The second kappa shape index (κ2) is 7.29. The second-order valence-electron chi connectivity index (χ2n) is 7.53. The Labute approximate surface area is 174 Å². The molecule has 0 atom stereocenters. The van der Waals surface area contributed by atoms with Crippen LogP contribution in [0, 0.1) is 6.92 Å². The van der Waals surface area contributed by atoms with Crippen LogP contribution in [0.2, 0.25) is 0 Å². The number of amides is 1. The first-order valence-corrected chi connectivity index (χ1v) is 9.98. The molecule has 8 nitrogen and oxygen atoms in total. The van der Waals surface area contributed by atoms with Gasteiger partial charge in [-0.25, -0.2) is 4.98 Å². The average molecular weight is 402 g/mol. The van der Waals surface area contributed by atoms with Crippen molar-refractivity contribution in [2.75, 3.05) is 17.7 Å². The van der Waals surface area contributed by atoms with Gasteiger partial charge in [0.15, 0.2) is 5.82 Å². The molecule has 152 valence electrons. The Morgan fingerprint density at radius 2 is 1.97 bits per heavy atom. The summed E-state index contributed by atoms with van der Waals surface area (Å²) in [5.41, 5.74) is 5.60. The fraction of sp³-hybridized carbons (Fsp3) is 0.273. The predicted molar refractivity (Wildman–Crippen MR) is 114 cm³/mol. The van der Waals surface area contributed by atoms with E-state index in [-0.39, 0.29) is 5.91 Å². The van der Waals surface area contributed by atoms with Gasteiger partial charge < -0.3 is 20.7 Å². The summed E-state index contributed by atoms with van der Waals surface area (Å²) in [6.45, 7) is 2.55. The van der Waals surface area contributed by atoms with Crippen molar-refractivity contribution < 1.29 is 9.53 Å². The number of pyridine rings is 1. The molecule has 5 rings (SSSR count). The highest BCUT2D eigenvalue weighted by molar-refractivity contribution is 6.05. The van der Waals surface area contributed by atoms with Crippen LogP contribution in [0.1, 0.15) is 34.3 Å². The number of rotatable bonds is 6. The summed E-state index contributed by atoms with van der Waals surface area (Å²) in [5.74, 6) is 1.78. The van der Waals surface area contributed by atoms with Crippen LogP contribution in [0.15, 0.2) is 36.5 Å². The molecular formula is C22H22N6O2. The number of benzene rings is 1. The van der Waals surface area contributed by atoms with Gasteiger partial charge in [-0.15, -0.1) is 10.2 Å². The Kier molecular flexibility index (Phi) is 4.46. The zero-order valence-corrected chi connectivity index (χ0v) is 16.8. The number of ether oxygens (including phenoxy) is 1. The minimum absolute atomic E-state index is 0.0483. The van der Waals surface area contributed by atoms with Gasteiger partial charge in [0, 0.05) is 37.1 Å². The number of aryl methyl sites for hydroxylation is 1. The van der Waals surface area contributed by atoms with E-state index in [0.29, 0.717) is 35.7 Å². The number of hydrogen-bond donors (Lipinski definition) is 3. The van der Waals surface area contributed by atoms with E-state index >= 15 is 0 Å². The van der Waals surface area contributed by atoms with Gasteiger partial charge in [0.2, 0.25) is 5.88 Å². The minimum atomic E-state index is -0.0483. The molecule has 1 amide bonds. The molecule has 0 bridgehead atoms. The Morgan fingerprint density at radius 3 is 2.67 bits per heavy atom. The van der Waals surface area contributed by atoms with Crippen molar-refractivity contribution in [2.24, 2.45) is 0 Å². The molecule has 1 saturated carbocycles. The van der Waals surface area contributed by atoms with Crippen LogP contribution in [0.4, 0.5) is 17.3 Å². The lowest BCUT2D eigenvalue weighted by Crippen LogP contribution is -2.13. The number of anilines is 3. The highest BCUT2D eigenvalue weighted by atomic mass is 16.5. The number of fused-ring (bicyclic) bond motifs is 1. The molecule has 1 fully saturated rings. The Balaban J connectivity index is 1.39. The molecule has 3 heterocycles. The summed E-state index contributed by atoms with van der Waals surface area (Å²) in [6, 6.07) is 9.58. The number of nitrogens with zero attached hydrogens (tertiary/aromatic N) is 3. The third kappa shape index (κ3) is 3.41. The molecule has 0 radical (unpaired) electrons. The Bertz CT molecular complexity index is 1130. The summed E-state index contributed by atoms with van der Waals surface area (Å²) >= 11 is 0. The van der Waals surface area contributed by atoms with Gasteiger partial charge >= 0.3 is 0 Å². The monoisotopic (exact) mass is 402 g/mol. The van der Waals surface area contributed by atoms with Gasteiger partial charge in [-0.1, -0.05) is 6.07 Å². The maximum Gasteiger partial charge on any atom is 0.254 e. The van der Waals surface area contributed by atoms with Crippen molar-refractivity contribution >= 4 is 23.2 Å². The summed E-state index contributed by atoms with van der Waals surface area (Å²) in [7, 11) is 1.82. The number of nitrogens with one attached hydrogen (secondary N) is 3. The first-order chi connectivity index (χ1) is 14.6. The zero-order valence-electron chi connectivity index (χ0n) is 16.8. The lowest BCUT2D eigenvalue weighted by atomic mass is 9.94. The zero-order chi connectivity index (χ0) is 20.7. The lowest BCUT2D eigenvalue weighted by molar-refractivity contribution is 0.0966. The fourth-order valence-electron chi connectivity index (χ4n) is 3.65. The first kappa shape index (κ1) is 18.4. The van der Waals surface area contributed by atoms with E-state index in [0.717, 1.165) is 40.8 Å². The quantitative estimate of drug-likeness (QED) is 0.581. The van der Waals surface area contributed by atoms with Crippen molar-refractivity contribution in [2.45, 2.75) is 32.4 Å². The normalized spacial score (nSPS) is 14.8. The average Bonchev–Trinajstić information content (AvgIpc) is 3.49. The molecule has 3 N–H and O–H groups in total. The molecule has 2 aliphatic rings. The lowest BCUT2D eigenvalue weighted by Gasteiger charge is -2.14. The summed E-state index contributed by atoms with van der Waals surface area (Å²) in [6.07, 6.45) is 4.29. The summed E-state index contributed by atoms with van der Waals surface area (Å²) < 4.78 is 5.62. The number of carbonyl (C=O) groups excluding carboxylic acids is 1. The van der Waals surface area contributed by atoms with Crippen LogP contribution < -0.4 is 20.7 Å². The van der Waals surface area contributed by atoms with Gasteiger partial charge in [-0.05, 0) is 54.7 Å². The van der Waals surface area contributed by atoms with E-state index in [4.69, 9.17) is 4.74 Å². The molecule has 2 aromatic heterocycles. The molecule has 1 aliphatic carbocycles. The van der Waals surface area contributed by atoms with Crippen molar-refractivity contribution in [1.82, 2.24) is 20.5 Å². The van der Waals surface area contributed by atoms with E-state index in [2.05, 4.69) is 31.1 Å². The smallest absolute Gasteiger partial charge is 0.254 e. The van der Waals surface area contributed by atoms with E-state index in [1.165, 1.54) is 0 Å². The highest BCUT2D eigenvalue weighted by Gasteiger charge is 2.26. The Hall–Kier alpha value is -3.68. The van der Waals surface area contributed by atoms with E-state index in [1.54, 1.807) is 0 Å². The topological polar surface area (TPSA) is 101 Å². The fourth-order valence-corrected chi connectivity index (χ4v) is 3.65. The minimum Gasteiger partial charge on any atom is -0.473 e. The second-order valence-corrected chi connectivity index (χ2v) is 7.53. The third-order valence-corrected chi connectivity index (χ3v) is 5.34. The molecule has 0 saturated heterocycles. The van der Waals surface area contributed by atoms with Gasteiger partial charge in [0.05, 0.1) is 5.56 Å². The van der Waals surface area contributed by atoms with Crippen molar-refractivity contribution in [1.29, 1.82) is 0 Å². The van der Waals surface area contributed by atoms with Gasteiger partial charge in [0.25, 0.3) is 5.91 Å². The Morgan fingerprint density at radius 1 is 1.10 bits per heavy atom. The maximum absolute atomic E-state index is 12.3. The van der Waals surface area contributed by atoms with Crippen molar-refractivity contribution in [3.8, 4) is 17.0 Å². The SMILES string of the molecule is CNc1ccc(-c2cnc(Nc3ccc(OC4CC4)nn3)cc2C)c2c1C(=O)NC2. The maximum atomic E-state index is 12.3. The van der Waals surface area contributed by atoms with E-state index < -0.39 is 0 Å². The van der Waals surface area contributed by atoms with Crippen LogP contribution in [-0.4, -0.2) is 34.2 Å². The van der Waals surface area contributed by atoms with Crippen LogP contribution >= 0.6 is 0 Å². The van der Waals surface area contributed by atoms with Crippen molar-refractivity contribution in [3.05, 3.63) is 53.2 Å². The molecule has 3 aromatic rings. The standard InChI is InChI=1S/C22H22N6O2/c1-12-9-19(26-18-7-8-20(28-27-18)30-13-3-4-13)24-10-15(12)14-5-6-17(23-2)21-16(14)11-25-22(21)29/h5-10,13,23H,3-4,11H2,1-2H3,(H,25,29)(H,24,26,27). The summed E-state index contributed by atoms with van der Waals surface area (Å²) in [4.78, 5) is 16.8. The molecular weight excluding hydrogens is 380 g/mol. The van der Waals surface area contributed by atoms with E-state index in [9.17, 15) is 4.79 Å². The third-order valence-electron chi connectivity index (χ3n) is 5.34. The molecule has 0 unspecified atom stereocenters. The van der Waals surface area contributed by atoms with Gasteiger partial charge in [0.1, 0.15) is 11.9 Å². The highest BCUT2D eigenvalue weighted by Crippen LogP contribution is 2.35. The largest absolute Gasteiger partial charge is 0.473 e. The number of carbonyl (C=O) groups is 1. The summed E-state index contributed by atoms with van der Waals surface area (Å²) in [5, 5.41) is 17.5. The van der Waals surface area contributed by atoms with E-state index in [1.807, 2.05) is 50.5 Å². The number of aromatic nitrogens is 3. The first-order valence-electron chi connectivity index (χ1n) is 9.98. The van der Waals surface area contributed by atoms with Gasteiger partial charge in [-0.2, -0.15) is 0 Å². The molecule has 1 aliphatic heterocycles. The van der Waals surface area contributed by atoms with Crippen LogP contribution in [0.25, 0.3) is 11.1 Å².